The number of anilines is 1. The van der Waals surface area contributed by atoms with Crippen molar-refractivity contribution < 1.29 is 19.0 Å². The van der Waals surface area contributed by atoms with Crippen molar-refractivity contribution in [1.29, 1.82) is 0 Å². The molecule has 0 saturated heterocycles. The Bertz CT molecular complexity index is 923. The summed E-state index contributed by atoms with van der Waals surface area (Å²) in [5, 5.41) is 2.62. The number of benzene rings is 2. The van der Waals surface area contributed by atoms with Crippen LogP contribution >= 0.6 is 11.3 Å². The van der Waals surface area contributed by atoms with Crippen LogP contribution in [-0.2, 0) is 4.74 Å². The van der Waals surface area contributed by atoms with Gasteiger partial charge in [-0.15, -0.1) is 11.3 Å². The van der Waals surface area contributed by atoms with Gasteiger partial charge in [-0.2, -0.15) is 0 Å². The van der Waals surface area contributed by atoms with E-state index in [1.54, 1.807) is 50.5 Å². The van der Waals surface area contributed by atoms with Crippen LogP contribution in [0.1, 0.15) is 16.8 Å². The highest BCUT2D eigenvalue weighted by atomic mass is 32.1. The Morgan fingerprint density at radius 3 is 2.17 bits per heavy atom. The summed E-state index contributed by atoms with van der Waals surface area (Å²) >= 11 is 1.45. The van der Waals surface area contributed by atoms with Crippen LogP contribution in [0.2, 0.25) is 0 Å². The lowest BCUT2D eigenvalue weighted by Crippen LogP contribution is -2.32. The van der Waals surface area contributed by atoms with Gasteiger partial charge in [0.2, 0.25) is 0 Å². The van der Waals surface area contributed by atoms with Crippen LogP contribution in [0.15, 0.2) is 53.9 Å². The van der Waals surface area contributed by atoms with E-state index in [1.807, 2.05) is 29.6 Å². The van der Waals surface area contributed by atoms with Crippen LogP contribution < -0.4 is 14.4 Å². The van der Waals surface area contributed by atoms with E-state index in [0.717, 1.165) is 23.4 Å². The summed E-state index contributed by atoms with van der Waals surface area (Å²) in [6.07, 6.45) is 0.718. The Morgan fingerprint density at radius 2 is 1.59 bits per heavy atom. The van der Waals surface area contributed by atoms with Gasteiger partial charge < -0.3 is 14.2 Å². The van der Waals surface area contributed by atoms with E-state index in [1.165, 1.54) is 11.3 Å². The molecule has 0 aliphatic rings. The van der Waals surface area contributed by atoms with Crippen LogP contribution in [0, 0.1) is 0 Å². The lowest BCUT2D eigenvalue weighted by atomic mass is 10.2. The van der Waals surface area contributed by atoms with Crippen molar-refractivity contribution in [2.75, 3.05) is 39.4 Å². The minimum Gasteiger partial charge on any atom is -0.497 e. The van der Waals surface area contributed by atoms with Gasteiger partial charge in [-0.1, -0.05) is 0 Å². The molecule has 0 unspecified atom stereocenters. The lowest BCUT2D eigenvalue weighted by molar-refractivity contribution is 0.0983. The number of carbonyl (C=O) groups is 1. The fourth-order valence-corrected chi connectivity index (χ4v) is 3.68. The van der Waals surface area contributed by atoms with E-state index in [4.69, 9.17) is 19.2 Å². The van der Waals surface area contributed by atoms with E-state index in [-0.39, 0.29) is 5.91 Å². The minimum absolute atomic E-state index is 0.0978. The molecule has 0 spiro atoms. The van der Waals surface area contributed by atoms with Crippen molar-refractivity contribution in [3.05, 3.63) is 59.5 Å². The van der Waals surface area contributed by atoms with Gasteiger partial charge in [-0.05, 0) is 55.0 Å². The Morgan fingerprint density at radius 1 is 0.966 bits per heavy atom. The summed E-state index contributed by atoms with van der Waals surface area (Å²) < 4.78 is 15.5. The molecule has 3 aromatic rings. The number of ether oxygens (including phenoxy) is 3. The first kappa shape index (κ1) is 20.8. The van der Waals surface area contributed by atoms with E-state index < -0.39 is 0 Å². The SMILES string of the molecule is COCCCN(C(=O)c1ccc(OC)cc1)c1nc(-c2ccc(OC)cc2)cs1. The molecule has 1 aromatic heterocycles. The van der Waals surface area contributed by atoms with Gasteiger partial charge in [0.25, 0.3) is 5.91 Å². The fourth-order valence-electron chi connectivity index (χ4n) is 2.82. The number of hydrogen-bond donors (Lipinski definition) is 0. The summed E-state index contributed by atoms with van der Waals surface area (Å²) in [5.41, 5.74) is 2.39. The Hall–Kier alpha value is -2.90. The Balaban J connectivity index is 1.85. The number of thiazole rings is 1. The fraction of sp³-hybridized carbons (Fsp3) is 0.273. The normalized spacial score (nSPS) is 10.6. The molecule has 1 amide bonds. The predicted molar refractivity (Wildman–Crippen MR) is 115 cm³/mol. The first-order valence-corrected chi connectivity index (χ1v) is 10.1. The number of aromatic nitrogens is 1. The number of methoxy groups -OCH3 is 3. The number of carbonyl (C=O) groups excluding carboxylic acids is 1. The third kappa shape index (κ3) is 5.13. The average Bonchev–Trinajstić information content (AvgIpc) is 3.26. The quantitative estimate of drug-likeness (QED) is 0.484. The van der Waals surface area contributed by atoms with Gasteiger partial charge in [0, 0.05) is 36.8 Å². The highest BCUT2D eigenvalue weighted by Gasteiger charge is 2.21. The smallest absolute Gasteiger partial charge is 0.260 e. The van der Waals surface area contributed by atoms with Crippen LogP contribution in [-0.4, -0.2) is 45.4 Å². The second kappa shape index (κ2) is 10.0. The predicted octanol–water partition coefficient (Wildman–Crippen LogP) is 4.51. The van der Waals surface area contributed by atoms with Crippen molar-refractivity contribution in [2.24, 2.45) is 0 Å². The summed E-state index contributed by atoms with van der Waals surface area (Å²) in [6.45, 7) is 1.09. The second-order valence-electron chi connectivity index (χ2n) is 6.28. The highest BCUT2D eigenvalue weighted by Crippen LogP contribution is 2.30. The van der Waals surface area contributed by atoms with Gasteiger partial charge >= 0.3 is 0 Å². The Kier molecular flexibility index (Phi) is 7.21. The molecule has 0 aliphatic heterocycles. The molecule has 0 fully saturated rings. The zero-order chi connectivity index (χ0) is 20.6. The molecule has 0 saturated carbocycles. The van der Waals surface area contributed by atoms with Crippen LogP contribution in [0.25, 0.3) is 11.3 Å². The van der Waals surface area contributed by atoms with Crippen molar-refractivity contribution in [3.63, 3.8) is 0 Å². The average molecular weight is 413 g/mol. The van der Waals surface area contributed by atoms with Gasteiger partial charge in [0.05, 0.1) is 19.9 Å². The molecule has 0 radical (unpaired) electrons. The third-order valence-electron chi connectivity index (χ3n) is 4.42. The summed E-state index contributed by atoms with van der Waals surface area (Å²) in [5.74, 6) is 1.41. The van der Waals surface area contributed by atoms with Crippen molar-refractivity contribution in [2.45, 2.75) is 6.42 Å². The molecule has 0 aliphatic carbocycles. The van der Waals surface area contributed by atoms with Crippen molar-refractivity contribution >= 4 is 22.4 Å². The molecule has 1 heterocycles. The van der Waals surface area contributed by atoms with Crippen LogP contribution in [0.3, 0.4) is 0 Å². The monoisotopic (exact) mass is 412 g/mol. The second-order valence-corrected chi connectivity index (χ2v) is 7.11. The maximum absolute atomic E-state index is 13.2. The molecule has 152 valence electrons. The first-order valence-electron chi connectivity index (χ1n) is 9.21. The topological polar surface area (TPSA) is 60.9 Å². The van der Waals surface area contributed by atoms with E-state index in [2.05, 4.69) is 0 Å². The van der Waals surface area contributed by atoms with Crippen molar-refractivity contribution in [1.82, 2.24) is 4.98 Å². The van der Waals surface area contributed by atoms with Gasteiger partial charge in [0.15, 0.2) is 5.13 Å². The number of rotatable bonds is 9. The zero-order valence-electron chi connectivity index (χ0n) is 16.8. The number of nitrogens with zero attached hydrogens (tertiary/aromatic N) is 2. The van der Waals surface area contributed by atoms with Crippen LogP contribution in [0.5, 0.6) is 11.5 Å². The molecule has 7 heteroatoms. The minimum atomic E-state index is -0.0978. The van der Waals surface area contributed by atoms with E-state index in [0.29, 0.717) is 29.6 Å². The lowest BCUT2D eigenvalue weighted by Gasteiger charge is -2.20. The first-order chi connectivity index (χ1) is 14.2. The molecule has 0 atom stereocenters. The largest absolute Gasteiger partial charge is 0.497 e. The molecule has 0 bridgehead atoms. The van der Waals surface area contributed by atoms with Gasteiger partial charge in [-0.25, -0.2) is 4.98 Å². The highest BCUT2D eigenvalue weighted by molar-refractivity contribution is 7.14. The molecule has 29 heavy (non-hydrogen) atoms. The molecule has 0 N–H and O–H groups in total. The molecule has 3 rings (SSSR count). The molecule has 2 aromatic carbocycles. The molecular weight excluding hydrogens is 388 g/mol. The third-order valence-corrected chi connectivity index (χ3v) is 5.28. The van der Waals surface area contributed by atoms with Gasteiger partial charge in [0.1, 0.15) is 11.5 Å². The standard InChI is InChI=1S/C22H24N2O4S/c1-26-14-4-13-24(21(25)17-7-11-19(28-3)12-8-17)22-23-20(15-29-22)16-5-9-18(27-2)10-6-16/h5-12,15H,4,13-14H2,1-3H3. The number of hydrogen-bond acceptors (Lipinski definition) is 6. The molecular formula is C22H24N2O4S. The van der Waals surface area contributed by atoms with Crippen LogP contribution in [0.4, 0.5) is 5.13 Å². The summed E-state index contributed by atoms with van der Waals surface area (Å²) in [4.78, 5) is 19.6. The zero-order valence-corrected chi connectivity index (χ0v) is 17.6. The molecule has 6 nitrogen and oxygen atoms in total. The summed E-state index contributed by atoms with van der Waals surface area (Å²) in [7, 11) is 4.89. The maximum atomic E-state index is 13.2. The van der Waals surface area contributed by atoms with Gasteiger partial charge in [-0.3, -0.25) is 9.69 Å². The van der Waals surface area contributed by atoms with Crippen molar-refractivity contribution in [3.8, 4) is 22.8 Å². The number of amides is 1. The summed E-state index contributed by atoms with van der Waals surface area (Å²) in [6, 6.07) is 14.8. The Labute approximate surface area is 174 Å². The maximum Gasteiger partial charge on any atom is 0.260 e. The van der Waals surface area contributed by atoms with E-state index >= 15 is 0 Å². The van der Waals surface area contributed by atoms with E-state index in [9.17, 15) is 4.79 Å².